The van der Waals surface area contributed by atoms with Crippen molar-refractivity contribution in [1.82, 2.24) is 0 Å². The van der Waals surface area contributed by atoms with Gasteiger partial charge in [0, 0.05) is 22.5 Å². The molecule has 2 aromatic rings. The Morgan fingerprint density at radius 2 is 2.08 bits per heavy atom. The third-order valence-corrected chi connectivity index (χ3v) is 4.33. The van der Waals surface area contributed by atoms with Gasteiger partial charge in [-0.2, -0.15) is 0 Å². The third-order valence-electron chi connectivity index (χ3n) is 3.64. The number of carbonyl (C=O) groups excluding carboxylic acids is 1. The fourth-order valence-corrected chi connectivity index (χ4v) is 2.91. The smallest absolute Gasteiger partial charge is 0.366 e. The number of halogens is 1. The highest BCUT2D eigenvalue weighted by Gasteiger charge is 2.24. The zero-order valence-corrected chi connectivity index (χ0v) is 14.9. The van der Waals surface area contributed by atoms with Crippen molar-refractivity contribution in [1.29, 1.82) is 0 Å². The van der Waals surface area contributed by atoms with Crippen molar-refractivity contribution < 1.29 is 19.1 Å². The molecule has 5 nitrogen and oxygen atoms in total. The van der Waals surface area contributed by atoms with E-state index in [2.05, 4.69) is 21.1 Å². The zero-order chi connectivity index (χ0) is 17.1. The van der Waals surface area contributed by atoms with Gasteiger partial charge in [-0.25, -0.2) is 4.79 Å². The summed E-state index contributed by atoms with van der Waals surface area (Å²) in [5.74, 6) is 0.861. The zero-order valence-electron chi connectivity index (χ0n) is 13.3. The molecule has 0 fully saturated rings. The van der Waals surface area contributed by atoms with Crippen LogP contribution in [0.1, 0.15) is 29.3 Å². The van der Waals surface area contributed by atoms with Gasteiger partial charge in [0.1, 0.15) is 17.6 Å². The lowest BCUT2D eigenvalue weighted by molar-refractivity contribution is 0.0512. The molecule has 0 saturated heterocycles. The van der Waals surface area contributed by atoms with E-state index in [0.29, 0.717) is 33.7 Å². The van der Waals surface area contributed by atoms with E-state index in [1.165, 1.54) is 0 Å². The summed E-state index contributed by atoms with van der Waals surface area (Å²) in [7, 11) is 1.60. The number of methoxy groups -OCH3 is 1. The van der Waals surface area contributed by atoms with Crippen molar-refractivity contribution in [3.8, 4) is 11.5 Å². The van der Waals surface area contributed by atoms with Crippen LogP contribution in [0.2, 0.25) is 0 Å². The maximum atomic E-state index is 12.2. The Labute approximate surface area is 148 Å². The standard InChI is InChI=1S/C18H16BrNO4/c1-11-9-16(14-8-7-12(22-2)10-17(14)23-11)20-24-18(21)13-5-3-4-6-15(13)19/h3-8,10-11H,9H2,1-2H3/b20-16+/t11-/m1/s1. The van der Waals surface area contributed by atoms with E-state index in [1.807, 2.05) is 25.1 Å². The van der Waals surface area contributed by atoms with Crippen LogP contribution in [0.15, 0.2) is 52.1 Å². The molecule has 1 aliphatic rings. The van der Waals surface area contributed by atoms with E-state index in [4.69, 9.17) is 14.3 Å². The van der Waals surface area contributed by atoms with Crippen molar-refractivity contribution in [3.63, 3.8) is 0 Å². The van der Waals surface area contributed by atoms with Gasteiger partial charge in [-0.05, 0) is 47.1 Å². The van der Waals surface area contributed by atoms with Crippen LogP contribution in [0.3, 0.4) is 0 Å². The van der Waals surface area contributed by atoms with Crippen LogP contribution < -0.4 is 9.47 Å². The fourth-order valence-electron chi connectivity index (χ4n) is 2.47. The van der Waals surface area contributed by atoms with Gasteiger partial charge in [-0.1, -0.05) is 17.3 Å². The van der Waals surface area contributed by atoms with E-state index in [9.17, 15) is 4.79 Å². The molecule has 0 amide bonds. The quantitative estimate of drug-likeness (QED) is 0.583. The Bertz CT molecular complexity index is 803. The molecular formula is C18H16BrNO4. The number of benzene rings is 2. The number of oxime groups is 1. The molecule has 1 heterocycles. The molecule has 124 valence electrons. The minimum absolute atomic E-state index is 0.0643. The second kappa shape index (κ2) is 7.05. The third kappa shape index (κ3) is 3.43. The monoisotopic (exact) mass is 389 g/mol. The summed E-state index contributed by atoms with van der Waals surface area (Å²) in [4.78, 5) is 17.3. The Morgan fingerprint density at radius 3 is 2.83 bits per heavy atom. The Morgan fingerprint density at radius 1 is 1.29 bits per heavy atom. The van der Waals surface area contributed by atoms with E-state index >= 15 is 0 Å². The molecule has 0 N–H and O–H groups in total. The number of fused-ring (bicyclic) bond motifs is 1. The summed E-state index contributed by atoms with van der Waals surface area (Å²) < 4.78 is 11.7. The molecule has 0 aliphatic carbocycles. The highest BCUT2D eigenvalue weighted by Crippen LogP contribution is 2.31. The Hall–Kier alpha value is -2.34. The molecule has 3 rings (SSSR count). The van der Waals surface area contributed by atoms with Gasteiger partial charge in [0.25, 0.3) is 0 Å². The van der Waals surface area contributed by atoms with Crippen LogP contribution in [0.4, 0.5) is 0 Å². The molecule has 24 heavy (non-hydrogen) atoms. The first kappa shape index (κ1) is 16.5. The van der Waals surface area contributed by atoms with Crippen molar-refractivity contribution in [3.05, 3.63) is 58.1 Å². The van der Waals surface area contributed by atoms with Gasteiger partial charge < -0.3 is 14.3 Å². The molecule has 1 atom stereocenters. The van der Waals surface area contributed by atoms with Crippen LogP contribution >= 0.6 is 15.9 Å². The first-order valence-corrected chi connectivity index (χ1v) is 8.25. The number of ether oxygens (including phenoxy) is 2. The van der Waals surface area contributed by atoms with Crippen LogP contribution in [0.5, 0.6) is 11.5 Å². The summed E-state index contributed by atoms with van der Waals surface area (Å²) in [6.07, 6.45) is 0.494. The van der Waals surface area contributed by atoms with Crippen molar-refractivity contribution in [2.45, 2.75) is 19.4 Å². The first-order chi connectivity index (χ1) is 11.6. The minimum Gasteiger partial charge on any atom is -0.497 e. The highest BCUT2D eigenvalue weighted by molar-refractivity contribution is 9.10. The summed E-state index contributed by atoms with van der Waals surface area (Å²) in [6.45, 7) is 1.94. The number of hydrogen-bond donors (Lipinski definition) is 0. The van der Waals surface area contributed by atoms with E-state index in [-0.39, 0.29) is 6.10 Å². The number of nitrogens with zero attached hydrogens (tertiary/aromatic N) is 1. The minimum atomic E-state index is -0.510. The average Bonchev–Trinajstić information content (AvgIpc) is 2.59. The topological polar surface area (TPSA) is 57.1 Å². The molecule has 0 spiro atoms. The van der Waals surface area contributed by atoms with Gasteiger partial charge >= 0.3 is 5.97 Å². The normalized spacial score (nSPS) is 17.8. The van der Waals surface area contributed by atoms with Crippen LogP contribution in [0.25, 0.3) is 0 Å². The second-order valence-electron chi connectivity index (χ2n) is 5.39. The van der Waals surface area contributed by atoms with E-state index in [1.54, 1.807) is 31.4 Å². The predicted octanol–water partition coefficient (Wildman–Crippen LogP) is 4.19. The molecule has 0 saturated carbocycles. The molecule has 1 aliphatic heterocycles. The van der Waals surface area contributed by atoms with Gasteiger partial charge in [-0.3, -0.25) is 0 Å². The van der Waals surface area contributed by atoms with Crippen LogP contribution in [0, 0.1) is 0 Å². The summed E-state index contributed by atoms with van der Waals surface area (Å²) >= 11 is 3.33. The van der Waals surface area contributed by atoms with Gasteiger partial charge in [0.15, 0.2) is 0 Å². The highest BCUT2D eigenvalue weighted by atomic mass is 79.9. The van der Waals surface area contributed by atoms with Crippen molar-refractivity contribution in [2.24, 2.45) is 5.16 Å². The van der Waals surface area contributed by atoms with E-state index in [0.717, 1.165) is 5.56 Å². The lowest BCUT2D eigenvalue weighted by Crippen LogP contribution is -2.25. The molecule has 0 unspecified atom stereocenters. The first-order valence-electron chi connectivity index (χ1n) is 7.46. The average molecular weight is 390 g/mol. The molecule has 6 heteroatoms. The number of carbonyl (C=O) groups is 1. The molecule has 0 radical (unpaired) electrons. The SMILES string of the molecule is COc1ccc2c(c1)O[C@H](C)C/C2=N\OC(=O)c1ccccc1Br. The van der Waals surface area contributed by atoms with Crippen LogP contribution in [-0.4, -0.2) is 24.9 Å². The van der Waals surface area contributed by atoms with E-state index < -0.39 is 5.97 Å². The summed E-state index contributed by atoms with van der Waals surface area (Å²) in [5, 5.41) is 4.07. The predicted molar refractivity (Wildman–Crippen MR) is 93.8 cm³/mol. The Balaban J connectivity index is 1.86. The fraction of sp³-hybridized carbons (Fsp3) is 0.222. The van der Waals surface area contributed by atoms with Crippen LogP contribution in [-0.2, 0) is 4.84 Å². The van der Waals surface area contributed by atoms with Crippen molar-refractivity contribution >= 4 is 27.6 Å². The molecule has 2 aromatic carbocycles. The molecule has 0 aromatic heterocycles. The van der Waals surface area contributed by atoms with Gasteiger partial charge in [0.05, 0.1) is 18.4 Å². The molecular weight excluding hydrogens is 374 g/mol. The van der Waals surface area contributed by atoms with Gasteiger partial charge in [0.2, 0.25) is 0 Å². The largest absolute Gasteiger partial charge is 0.497 e. The summed E-state index contributed by atoms with van der Waals surface area (Å²) in [6, 6.07) is 12.5. The molecule has 0 bridgehead atoms. The second-order valence-corrected chi connectivity index (χ2v) is 6.25. The van der Waals surface area contributed by atoms with Gasteiger partial charge in [-0.15, -0.1) is 0 Å². The number of rotatable bonds is 3. The summed E-state index contributed by atoms with van der Waals surface area (Å²) in [5.41, 5.74) is 1.90. The lowest BCUT2D eigenvalue weighted by Gasteiger charge is -2.24. The van der Waals surface area contributed by atoms with Crippen molar-refractivity contribution in [2.75, 3.05) is 7.11 Å². The lowest BCUT2D eigenvalue weighted by atomic mass is 10.0. The number of hydrogen-bond acceptors (Lipinski definition) is 5. The Kier molecular flexibility index (Phi) is 4.85. The maximum Gasteiger partial charge on any atom is 0.366 e. The maximum absolute atomic E-state index is 12.2.